The quantitative estimate of drug-likeness (QED) is 0.796. The summed E-state index contributed by atoms with van der Waals surface area (Å²) in [7, 11) is -0.570. The Bertz CT molecular complexity index is 537. The summed E-state index contributed by atoms with van der Waals surface area (Å²) >= 11 is 0. The maximum absolute atomic E-state index is 11.9. The summed E-state index contributed by atoms with van der Waals surface area (Å²) in [6.45, 7) is 1.94. The van der Waals surface area contributed by atoms with E-state index in [-0.39, 0.29) is 11.5 Å². The van der Waals surface area contributed by atoms with Gasteiger partial charge in [-0.15, -0.1) is 0 Å². The van der Waals surface area contributed by atoms with Crippen molar-refractivity contribution >= 4 is 16.0 Å². The molecule has 1 aromatic rings. The predicted octanol–water partition coefficient (Wildman–Crippen LogP) is 0.500. The highest BCUT2D eigenvalue weighted by Gasteiger charge is 2.20. The normalized spacial score (nSPS) is 13.3. The fraction of sp³-hybridized carbons (Fsp3) is 0.417. The Kier molecular flexibility index (Phi) is 5.04. The van der Waals surface area contributed by atoms with Crippen LogP contribution >= 0.6 is 0 Å². The third-order valence-corrected chi connectivity index (χ3v) is 4.39. The van der Waals surface area contributed by atoms with E-state index in [2.05, 4.69) is 0 Å². The van der Waals surface area contributed by atoms with E-state index in [0.29, 0.717) is 5.56 Å². The topological polar surface area (TPSA) is 89.7 Å². The third kappa shape index (κ3) is 3.52. The van der Waals surface area contributed by atoms with Crippen LogP contribution in [0.3, 0.4) is 0 Å². The minimum atomic E-state index is -3.47. The van der Waals surface area contributed by atoms with Gasteiger partial charge in [-0.05, 0) is 24.6 Å². The highest BCUT2D eigenvalue weighted by atomic mass is 32.2. The average Bonchev–Trinajstić information content (AvgIpc) is 2.38. The molecule has 0 aliphatic rings. The molecule has 106 valence electrons. The van der Waals surface area contributed by atoms with Gasteiger partial charge >= 0.3 is 5.97 Å². The lowest BCUT2D eigenvalue weighted by atomic mass is 10.1. The summed E-state index contributed by atoms with van der Waals surface area (Å²) < 4.78 is 29.6. The predicted molar refractivity (Wildman–Crippen MR) is 70.9 cm³/mol. The Hall–Kier alpha value is -1.44. The molecular formula is C12H18N2O4S. The van der Waals surface area contributed by atoms with Crippen molar-refractivity contribution in [1.29, 1.82) is 0 Å². The number of hydrogen-bond donors (Lipinski definition) is 1. The third-order valence-electron chi connectivity index (χ3n) is 2.56. The minimum absolute atomic E-state index is 0.150. The summed E-state index contributed by atoms with van der Waals surface area (Å²) in [5.74, 6) is -0.536. The zero-order valence-corrected chi connectivity index (χ0v) is 12.0. The fourth-order valence-electron chi connectivity index (χ4n) is 1.43. The van der Waals surface area contributed by atoms with E-state index in [9.17, 15) is 13.2 Å². The highest BCUT2D eigenvalue weighted by Crippen LogP contribution is 2.17. The molecule has 2 N–H and O–H groups in total. The van der Waals surface area contributed by atoms with Crippen molar-refractivity contribution in [3.63, 3.8) is 0 Å². The van der Waals surface area contributed by atoms with Crippen LogP contribution in [0.4, 0.5) is 0 Å². The average molecular weight is 286 g/mol. The van der Waals surface area contributed by atoms with E-state index >= 15 is 0 Å². The Labute approximate surface area is 113 Å². The van der Waals surface area contributed by atoms with Crippen molar-refractivity contribution in [2.24, 2.45) is 5.73 Å². The smallest absolute Gasteiger partial charge is 0.327 e. The van der Waals surface area contributed by atoms with Crippen LogP contribution in [-0.2, 0) is 19.6 Å². The van der Waals surface area contributed by atoms with Crippen molar-refractivity contribution in [2.75, 3.05) is 20.7 Å². The standard InChI is InChI=1S/C12H18N2O4S/c1-4-18-12(15)11(13)9-5-7-10(8-6-9)19(16,17)14(2)3/h5-8,11H,4,13H2,1-3H3. The van der Waals surface area contributed by atoms with Crippen molar-refractivity contribution in [3.05, 3.63) is 29.8 Å². The van der Waals surface area contributed by atoms with Crippen LogP contribution in [0.15, 0.2) is 29.2 Å². The first-order valence-corrected chi connectivity index (χ1v) is 7.19. The lowest BCUT2D eigenvalue weighted by molar-refractivity contribution is -0.144. The van der Waals surface area contributed by atoms with E-state index in [1.54, 1.807) is 6.92 Å². The lowest BCUT2D eigenvalue weighted by Crippen LogP contribution is -2.24. The van der Waals surface area contributed by atoms with E-state index < -0.39 is 22.0 Å². The van der Waals surface area contributed by atoms with Crippen LogP contribution < -0.4 is 5.73 Å². The second-order valence-electron chi connectivity index (χ2n) is 4.09. The molecular weight excluding hydrogens is 268 g/mol. The number of sulfonamides is 1. The largest absolute Gasteiger partial charge is 0.465 e. The van der Waals surface area contributed by atoms with E-state index in [0.717, 1.165) is 4.31 Å². The zero-order valence-electron chi connectivity index (χ0n) is 11.2. The van der Waals surface area contributed by atoms with Crippen LogP contribution in [0.2, 0.25) is 0 Å². The van der Waals surface area contributed by atoms with Crippen molar-refractivity contribution in [1.82, 2.24) is 4.31 Å². The molecule has 0 saturated heterocycles. The number of hydrogen-bond acceptors (Lipinski definition) is 5. The van der Waals surface area contributed by atoms with Crippen LogP contribution in [0, 0.1) is 0 Å². The summed E-state index contributed by atoms with van der Waals surface area (Å²) in [6, 6.07) is 4.96. The number of carbonyl (C=O) groups is 1. The molecule has 0 aliphatic heterocycles. The first kappa shape index (κ1) is 15.6. The Morgan fingerprint density at radius 3 is 2.26 bits per heavy atom. The molecule has 0 spiro atoms. The minimum Gasteiger partial charge on any atom is -0.465 e. The molecule has 0 amide bonds. The number of ether oxygens (including phenoxy) is 1. The molecule has 0 radical (unpaired) electrons. The summed E-state index contributed by atoms with van der Waals surface area (Å²) in [5, 5.41) is 0. The van der Waals surface area contributed by atoms with Gasteiger partial charge in [0, 0.05) is 14.1 Å². The number of carbonyl (C=O) groups excluding carboxylic acids is 1. The number of nitrogens with zero attached hydrogens (tertiary/aromatic N) is 1. The maximum Gasteiger partial charge on any atom is 0.327 e. The molecule has 1 atom stereocenters. The van der Waals surface area contributed by atoms with Crippen molar-refractivity contribution in [3.8, 4) is 0 Å². The van der Waals surface area contributed by atoms with Crippen molar-refractivity contribution in [2.45, 2.75) is 17.9 Å². The van der Waals surface area contributed by atoms with Gasteiger partial charge in [-0.3, -0.25) is 0 Å². The number of esters is 1. The molecule has 7 heteroatoms. The summed E-state index contributed by atoms with van der Waals surface area (Å²) in [6.07, 6.45) is 0. The molecule has 0 bridgehead atoms. The molecule has 19 heavy (non-hydrogen) atoms. The summed E-state index contributed by atoms with van der Waals surface area (Å²) in [5.41, 5.74) is 6.22. The summed E-state index contributed by atoms with van der Waals surface area (Å²) in [4.78, 5) is 11.6. The second-order valence-corrected chi connectivity index (χ2v) is 6.24. The molecule has 1 aromatic carbocycles. The van der Waals surface area contributed by atoms with Gasteiger partial charge in [0.2, 0.25) is 10.0 Å². The van der Waals surface area contributed by atoms with Crippen LogP contribution in [0.5, 0.6) is 0 Å². The Morgan fingerprint density at radius 1 is 1.32 bits per heavy atom. The highest BCUT2D eigenvalue weighted by molar-refractivity contribution is 7.89. The van der Waals surface area contributed by atoms with Gasteiger partial charge < -0.3 is 10.5 Å². The number of rotatable bonds is 5. The number of benzene rings is 1. The SMILES string of the molecule is CCOC(=O)C(N)c1ccc(S(=O)(=O)N(C)C)cc1. The maximum atomic E-state index is 11.9. The molecule has 0 fully saturated rings. The molecule has 0 saturated carbocycles. The van der Waals surface area contributed by atoms with Crippen molar-refractivity contribution < 1.29 is 17.9 Å². The fourth-order valence-corrected chi connectivity index (χ4v) is 2.33. The van der Waals surface area contributed by atoms with E-state index in [1.165, 1.54) is 38.4 Å². The molecule has 1 rings (SSSR count). The Balaban J connectivity index is 2.97. The van der Waals surface area contributed by atoms with Gasteiger partial charge in [0.15, 0.2) is 0 Å². The van der Waals surface area contributed by atoms with Gasteiger partial charge in [0.25, 0.3) is 0 Å². The molecule has 6 nitrogen and oxygen atoms in total. The molecule has 1 unspecified atom stereocenters. The monoisotopic (exact) mass is 286 g/mol. The molecule has 0 aliphatic carbocycles. The Morgan fingerprint density at radius 2 is 1.84 bits per heavy atom. The zero-order chi connectivity index (χ0) is 14.6. The van der Waals surface area contributed by atoms with Crippen LogP contribution in [0.25, 0.3) is 0 Å². The second kappa shape index (κ2) is 6.14. The number of nitrogens with two attached hydrogens (primary N) is 1. The van der Waals surface area contributed by atoms with Crippen LogP contribution in [0.1, 0.15) is 18.5 Å². The lowest BCUT2D eigenvalue weighted by Gasteiger charge is -2.13. The van der Waals surface area contributed by atoms with Gasteiger partial charge in [0.05, 0.1) is 11.5 Å². The van der Waals surface area contributed by atoms with Gasteiger partial charge in [0.1, 0.15) is 6.04 Å². The molecule has 0 heterocycles. The van der Waals surface area contributed by atoms with E-state index in [4.69, 9.17) is 10.5 Å². The van der Waals surface area contributed by atoms with Crippen LogP contribution in [-0.4, -0.2) is 39.4 Å². The van der Waals surface area contributed by atoms with Gasteiger partial charge in [-0.25, -0.2) is 17.5 Å². The molecule has 0 aromatic heterocycles. The van der Waals surface area contributed by atoms with Gasteiger partial charge in [-0.2, -0.15) is 0 Å². The first-order valence-electron chi connectivity index (χ1n) is 5.75. The van der Waals surface area contributed by atoms with E-state index in [1.807, 2.05) is 0 Å². The van der Waals surface area contributed by atoms with Gasteiger partial charge in [-0.1, -0.05) is 12.1 Å². The first-order chi connectivity index (χ1) is 8.80.